The zero-order chi connectivity index (χ0) is 15.2. The minimum absolute atomic E-state index is 0.194. The van der Waals surface area contributed by atoms with E-state index in [0.29, 0.717) is 11.1 Å². The zero-order valence-corrected chi connectivity index (χ0v) is 11.6. The number of ether oxygens (including phenoxy) is 1. The molecule has 110 valence electrons. The Morgan fingerprint density at radius 1 is 1.33 bits per heavy atom. The molecule has 2 heterocycles. The van der Waals surface area contributed by atoms with E-state index >= 15 is 0 Å². The summed E-state index contributed by atoms with van der Waals surface area (Å²) >= 11 is 0. The van der Waals surface area contributed by atoms with Gasteiger partial charge in [-0.15, -0.1) is 0 Å². The Morgan fingerprint density at radius 2 is 2.05 bits per heavy atom. The molecule has 6 heteroatoms. The van der Waals surface area contributed by atoms with E-state index in [1.54, 1.807) is 38.1 Å². The van der Waals surface area contributed by atoms with E-state index in [4.69, 9.17) is 4.74 Å². The molecule has 0 saturated carbocycles. The van der Waals surface area contributed by atoms with Gasteiger partial charge in [0.05, 0.1) is 18.1 Å². The van der Waals surface area contributed by atoms with Crippen molar-refractivity contribution in [2.45, 2.75) is 31.9 Å². The minimum Gasteiger partial charge on any atom is -0.453 e. The van der Waals surface area contributed by atoms with Gasteiger partial charge < -0.3 is 9.30 Å². The zero-order valence-electron chi connectivity index (χ0n) is 11.6. The molecule has 21 heavy (non-hydrogen) atoms. The number of alkyl halides is 2. The second kappa shape index (κ2) is 4.65. The lowest BCUT2D eigenvalue weighted by Gasteiger charge is -2.40. The Balaban J connectivity index is 2.22. The van der Waals surface area contributed by atoms with Gasteiger partial charge in [-0.3, -0.25) is 0 Å². The third kappa shape index (κ3) is 2.11. The second-order valence-corrected chi connectivity index (χ2v) is 5.51. The molecule has 0 unspecified atom stereocenters. The predicted molar refractivity (Wildman–Crippen MR) is 71.3 cm³/mol. The monoisotopic (exact) mass is 292 g/mol. The van der Waals surface area contributed by atoms with Gasteiger partial charge in [0, 0.05) is 0 Å². The maximum atomic E-state index is 13.2. The highest BCUT2D eigenvalue weighted by Gasteiger charge is 2.43. The van der Waals surface area contributed by atoms with Gasteiger partial charge in [-0.2, -0.15) is 0 Å². The lowest BCUT2D eigenvalue weighted by molar-refractivity contribution is -0.0277. The van der Waals surface area contributed by atoms with Crippen LogP contribution in [0, 0.1) is 0 Å². The fourth-order valence-corrected chi connectivity index (χ4v) is 2.83. The molecule has 1 aromatic carbocycles. The van der Waals surface area contributed by atoms with E-state index in [2.05, 4.69) is 4.98 Å². The normalized spacial score (nSPS) is 20.2. The first-order chi connectivity index (χ1) is 9.92. The number of benzene rings is 1. The Labute approximate surface area is 120 Å². The SMILES string of the molecule is CC1(C)OC(=O)c2ccccc2[C@@H]1n1cncc1C(F)F. The molecule has 0 aliphatic carbocycles. The van der Waals surface area contributed by atoms with Gasteiger partial charge in [-0.05, 0) is 25.5 Å². The minimum atomic E-state index is -2.65. The lowest BCUT2D eigenvalue weighted by atomic mass is 9.85. The van der Waals surface area contributed by atoms with E-state index < -0.39 is 24.0 Å². The average molecular weight is 292 g/mol. The highest BCUT2D eigenvalue weighted by atomic mass is 19.3. The number of fused-ring (bicyclic) bond motifs is 1. The first kappa shape index (κ1) is 13.7. The molecule has 0 fully saturated rings. The molecule has 4 nitrogen and oxygen atoms in total. The molecular formula is C15H14F2N2O2. The summed E-state index contributed by atoms with van der Waals surface area (Å²) in [6.07, 6.45) is -0.156. The summed E-state index contributed by atoms with van der Waals surface area (Å²) in [5.74, 6) is -0.439. The molecule has 0 radical (unpaired) electrons. The van der Waals surface area contributed by atoms with Crippen molar-refractivity contribution < 1.29 is 18.3 Å². The largest absolute Gasteiger partial charge is 0.453 e. The number of aromatic nitrogens is 2. The molecule has 0 spiro atoms. The third-order valence-electron chi connectivity index (χ3n) is 3.69. The van der Waals surface area contributed by atoms with Crippen LogP contribution >= 0.6 is 0 Å². The highest BCUT2D eigenvalue weighted by Crippen LogP contribution is 2.41. The smallest absolute Gasteiger partial charge is 0.339 e. The molecule has 0 saturated heterocycles. The number of hydrogen-bond acceptors (Lipinski definition) is 3. The topological polar surface area (TPSA) is 44.1 Å². The van der Waals surface area contributed by atoms with E-state index in [0.717, 1.165) is 6.20 Å². The van der Waals surface area contributed by atoms with Gasteiger partial charge in [0.15, 0.2) is 0 Å². The summed E-state index contributed by atoms with van der Waals surface area (Å²) in [6.45, 7) is 3.42. The van der Waals surface area contributed by atoms with Crippen molar-refractivity contribution in [1.29, 1.82) is 0 Å². The van der Waals surface area contributed by atoms with Crippen LogP contribution in [0.15, 0.2) is 36.8 Å². The standard InChI is InChI=1S/C15H14F2N2O2/c1-15(2)12(19-8-18-7-11(19)13(16)17)9-5-3-4-6-10(9)14(20)21-15/h3-8,12-13H,1-2H3/t12-/m0/s1. The van der Waals surface area contributed by atoms with Crippen LogP contribution < -0.4 is 0 Å². The van der Waals surface area contributed by atoms with Crippen molar-refractivity contribution in [3.8, 4) is 0 Å². The average Bonchev–Trinajstić information content (AvgIpc) is 2.87. The number of carbonyl (C=O) groups is 1. The fourth-order valence-electron chi connectivity index (χ4n) is 2.83. The number of halogens is 2. The number of esters is 1. The van der Waals surface area contributed by atoms with Crippen LogP contribution in [0.2, 0.25) is 0 Å². The molecule has 3 rings (SSSR count). The lowest BCUT2D eigenvalue weighted by Crippen LogP contribution is -2.44. The van der Waals surface area contributed by atoms with E-state index in [1.165, 1.54) is 10.9 Å². The van der Waals surface area contributed by atoms with Crippen molar-refractivity contribution in [3.63, 3.8) is 0 Å². The summed E-state index contributed by atoms with van der Waals surface area (Å²) in [6, 6.07) is 6.35. The quantitative estimate of drug-likeness (QED) is 0.797. The number of imidazole rings is 1. The maximum absolute atomic E-state index is 13.2. The van der Waals surface area contributed by atoms with Crippen molar-refractivity contribution in [3.05, 3.63) is 53.6 Å². The van der Waals surface area contributed by atoms with Gasteiger partial charge in [-0.1, -0.05) is 18.2 Å². The summed E-state index contributed by atoms with van der Waals surface area (Å²) in [4.78, 5) is 15.9. The van der Waals surface area contributed by atoms with Crippen molar-refractivity contribution >= 4 is 5.97 Å². The van der Waals surface area contributed by atoms with Gasteiger partial charge in [0.25, 0.3) is 6.43 Å². The Morgan fingerprint density at radius 3 is 2.76 bits per heavy atom. The van der Waals surface area contributed by atoms with Crippen LogP contribution in [0.3, 0.4) is 0 Å². The molecule has 1 atom stereocenters. The summed E-state index contributed by atoms with van der Waals surface area (Å²) in [7, 11) is 0. The second-order valence-electron chi connectivity index (χ2n) is 5.51. The summed E-state index contributed by atoms with van der Waals surface area (Å²) in [5, 5.41) is 0. The maximum Gasteiger partial charge on any atom is 0.339 e. The molecule has 0 N–H and O–H groups in total. The van der Waals surface area contributed by atoms with E-state index in [1.807, 2.05) is 0 Å². The van der Waals surface area contributed by atoms with Gasteiger partial charge in [0.2, 0.25) is 0 Å². The number of nitrogens with zero attached hydrogens (tertiary/aromatic N) is 2. The third-order valence-corrected chi connectivity index (χ3v) is 3.69. The number of cyclic esters (lactones) is 1. The Hall–Kier alpha value is -2.24. The summed E-state index contributed by atoms with van der Waals surface area (Å²) in [5.41, 5.74) is -0.0781. The first-order valence-corrected chi connectivity index (χ1v) is 6.54. The fraction of sp³-hybridized carbons (Fsp3) is 0.333. The van der Waals surface area contributed by atoms with Crippen LogP contribution in [0.25, 0.3) is 0 Å². The highest BCUT2D eigenvalue weighted by molar-refractivity contribution is 5.93. The first-order valence-electron chi connectivity index (χ1n) is 6.54. The molecule has 1 aromatic heterocycles. The number of carbonyl (C=O) groups excluding carboxylic acids is 1. The Bertz CT molecular complexity index is 694. The Kier molecular flexibility index (Phi) is 3.04. The van der Waals surface area contributed by atoms with Crippen LogP contribution in [-0.4, -0.2) is 21.1 Å². The number of hydrogen-bond donors (Lipinski definition) is 0. The van der Waals surface area contributed by atoms with Crippen LogP contribution in [0.5, 0.6) is 0 Å². The molecule has 2 aromatic rings. The van der Waals surface area contributed by atoms with Gasteiger partial charge in [-0.25, -0.2) is 18.6 Å². The predicted octanol–water partition coefficient (Wildman–Crippen LogP) is 3.36. The molecule has 1 aliphatic rings. The van der Waals surface area contributed by atoms with Crippen LogP contribution in [0.1, 0.15) is 47.9 Å². The van der Waals surface area contributed by atoms with E-state index in [9.17, 15) is 13.6 Å². The molecule has 1 aliphatic heterocycles. The molecular weight excluding hydrogens is 278 g/mol. The van der Waals surface area contributed by atoms with E-state index in [-0.39, 0.29) is 5.69 Å². The van der Waals surface area contributed by atoms with Gasteiger partial charge >= 0.3 is 5.97 Å². The summed E-state index contributed by atoms with van der Waals surface area (Å²) < 4.78 is 33.1. The molecule has 0 bridgehead atoms. The van der Waals surface area contributed by atoms with Gasteiger partial charge in [0.1, 0.15) is 17.3 Å². The molecule has 0 amide bonds. The van der Waals surface area contributed by atoms with Crippen LogP contribution in [-0.2, 0) is 4.74 Å². The van der Waals surface area contributed by atoms with Crippen LogP contribution in [0.4, 0.5) is 8.78 Å². The number of rotatable bonds is 2. The van der Waals surface area contributed by atoms with Crippen molar-refractivity contribution in [2.24, 2.45) is 0 Å². The van der Waals surface area contributed by atoms with Crippen molar-refractivity contribution in [1.82, 2.24) is 9.55 Å². The van der Waals surface area contributed by atoms with Crippen molar-refractivity contribution in [2.75, 3.05) is 0 Å².